The first-order chi connectivity index (χ1) is 11.5. The van der Waals surface area contributed by atoms with E-state index in [2.05, 4.69) is 30.5 Å². The summed E-state index contributed by atoms with van der Waals surface area (Å²) in [6, 6.07) is 6.34. The average molecular weight is 362 g/mol. The Hall–Kier alpha value is -2.65. The summed E-state index contributed by atoms with van der Waals surface area (Å²) >= 11 is 7.10. The fourth-order valence-corrected chi connectivity index (χ4v) is 2.62. The molecule has 3 rings (SSSR count). The molecule has 8 nitrogen and oxygen atoms in total. The molecule has 0 radical (unpaired) electrons. The van der Waals surface area contributed by atoms with Crippen LogP contribution in [-0.4, -0.2) is 19.9 Å². The summed E-state index contributed by atoms with van der Waals surface area (Å²) in [5.74, 6) is 0.642. The van der Waals surface area contributed by atoms with Gasteiger partial charge in [0.05, 0.1) is 22.6 Å². The molecule has 0 amide bonds. The number of phenols is 1. The minimum absolute atomic E-state index is 0.00132. The maximum absolute atomic E-state index is 9.38. The summed E-state index contributed by atoms with van der Waals surface area (Å²) < 4.78 is 1.62. The Balaban J connectivity index is 1.78. The fraction of sp³-hybridized carbons (Fsp3) is 0.143. The molecule has 0 saturated heterocycles. The van der Waals surface area contributed by atoms with Gasteiger partial charge < -0.3 is 5.11 Å². The van der Waals surface area contributed by atoms with Crippen LogP contribution in [0.5, 0.6) is 5.75 Å². The van der Waals surface area contributed by atoms with Gasteiger partial charge in [-0.25, -0.2) is 9.67 Å². The first-order valence-corrected chi connectivity index (χ1v) is 8.00. The monoisotopic (exact) mass is 361 g/mol. The maximum Gasteiger partial charge on any atom is 0.232 e. The Morgan fingerprint density at radius 2 is 2.00 bits per heavy atom. The molecule has 1 N–H and O–H groups in total. The molecule has 0 bridgehead atoms. The zero-order chi connectivity index (χ0) is 17.1. The minimum Gasteiger partial charge on any atom is -0.506 e. The SMILES string of the molecule is Cc1nc(N=Nc2ccc(O)c(Cl)c2)sc1/N=N/c1ccnn1C. The number of aryl methyl sites for hydroxylation is 2. The van der Waals surface area contributed by atoms with Gasteiger partial charge in [-0.15, -0.1) is 20.5 Å². The maximum atomic E-state index is 9.38. The van der Waals surface area contributed by atoms with Crippen LogP contribution in [-0.2, 0) is 7.05 Å². The average Bonchev–Trinajstić information content (AvgIpc) is 3.12. The van der Waals surface area contributed by atoms with Crippen molar-refractivity contribution in [2.75, 3.05) is 0 Å². The van der Waals surface area contributed by atoms with E-state index in [0.717, 1.165) is 0 Å². The van der Waals surface area contributed by atoms with E-state index in [0.29, 0.717) is 27.3 Å². The van der Waals surface area contributed by atoms with E-state index >= 15 is 0 Å². The Morgan fingerprint density at radius 3 is 2.71 bits per heavy atom. The lowest BCUT2D eigenvalue weighted by atomic mass is 10.3. The summed E-state index contributed by atoms with van der Waals surface area (Å²) in [7, 11) is 1.79. The van der Waals surface area contributed by atoms with Crippen LogP contribution in [0.15, 0.2) is 50.9 Å². The highest BCUT2D eigenvalue weighted by atomic mass is 35.5. The van der Waals surface area contributed by atoms with Gasteiger partial charge in [0.2, 0.25) is 5.13 Å². The number of azo groups is 2. The molecule has 0 atom stereocenters. The van der Waals surface area contributed by atoms with Crippen LogP contribution in [0.25, 0.3) is 0 Å². The highest BCUT2D eigenvalue weighted by molar-refractivity contribution is 7.19. The molecular formula is C14H12ClN7OS. The van der Waals surface area contributed by atoms with E-state index in [9.17, 15) is 5.11 Å². The second-order valence-corrected chi connectivity index (χ2v) is 6.10. The molecule has 0 unspecified atom stereocenters. The first-order valence-electron chi connectivity index (χ1n) is 6.80. The molecular weight excluding hydrogens is 350 g/mol. The summed E-state index contributed by atoms with van der Waals surface area (Å²) in [4.78, 5) is 4.29. The number of rotatable bonds is 4. The van der Waals surface area contributed by atoms with Gasteiger partial charge in [0.25, 0.3) is 0 Å². The van der Waals surface area contributed by atoms with E-state index in [1.165, 1.54) is 23.5 Å². The highest BCUT2D eigenvalue weighted by Crippen LogP contribution is 2.35. The molecule has 1 aromatic carbocycles. The number of thiazole rings is 1. The van der Waals surface area contributed by atoms with Crippen molar-refractivity contribution in [3.05, 3.63) is 41.2 Å². The summed E-state index contributed by atoms with van der Waals surface area (Å²) in [5.41, 5.74) is 1.23. The molecule has 2 aromatic heterocycles. The van der Waals surface area contributed by atoms with Crippen molar-refractivity contribution in [3.8, 4) is 5.75 Å². The van der Waals surface area contributed by atoms with E-state index in [1.54, 1.807) is 30.1 Å². The smallest absolute Gasteiger partial charge is 0.232 e. The van der Waals surface area contributed by atoms with Crippen molar-refractivity contribution >= 4 is 44.6 Å². The van der Waals surface area contributed by atoms with Crippen molar-refractivity contribution in [2.24, 2.45) is 27.5 Å². The van der Waals surface area contributed by atoms with Crippen LogP contribution in [0.4, 0.5) is 21.6 Å². The standard InChI is InChI=1S/C14H12ClN7OS/c1-8-13(20-19-12-5-6-16-22(12)2)24-14(17-8)21-18-9-3-4-11(23)10(15)7-9/h3-7,23H,1-2H3/b20-19+,21-18?. The normalized spacial score (nSPS) is 11.8. The number of hydrogen-bond donors (Lipinski definition) is 1. The zero-order valence-electron chi connectivity index (χ0n) is 12.8. The number of nitrogens with zero attached hydrogens (tertiary/aromatic N) is 7. The topological polar surface area (TPSA) is 100 Å². The molecule has 0 fully saturated rings. The molecule has 24 heavy (non-hydrogen) atoms. The number of aromatic hydroxyl groups is 1. The molecule has 3 aromatic rings. The molecule has 0 saturated carbocycles. The highest BCUT2D eigenvalue weighted by Gasteiger charge is 2.07. The van der Waals surface area contributed by atoms with Gasteiger partial charge >= 0.3 is 0 Å². The van der Waals surface area contributed by atoms with Crippen molar-refractivity contribution < 1.29 is 5.11 Å². The zero-order valence-corrected chi connectivity index (χ0v) is 14.3. The van der Waals surface area contributed by atoms with Gasteiger partial charge in [-0.1, -0.05) is 22.9 Å². The molecule has 0 aliphatic carbocycles. The minimum atomic E-state index is -0.00132. The van der Waals surface area contributed by atoms with Gasteiger partial charge in [-0.2, -0.15) is 5.10 Å². The third-order valence-corrected chi connectivity index (χ3v) is 4.21. The Morgan fingerprint density at radius 1 is 1.17 bits per heavy atom. The summed E-state index contributed by atoms with van der Waals surface area (Å²) in [6.07, 6.45) is 1.65. The number of halogens is 1. The lowest BCUT2D eigenvalue weighted by Gasteiger charge is -1.95. The number of aromatic nitrogens is 3. The van der Waals surface area contributed by atoms with Gasteiger partial charge in [-0.05, 0) is 25.1 Å². The fourth-order valence-electron chi connectivity index (χ4n) is 1.73. The third-order valence-electron chi connectivity index (χ3n) is 2.98. The van der Waals surface area contributed by atoms with Crippen molar-refractivity contribution in [1.29, 1.82) is 0 Å². The quantitative estimate of drug-likeness (QED) is 0.631. The van der Waals surface area contributed by atoms with Crippen LogP contribution < -0.4 is 0 Å². The molecule has 0 aliphatic rings. The van der Waals surface area contributed by atoms with Crippen molar-refractivity contribution in [1.82, 2.24) is 14.8 Å². The predicted octanol–water partition coefficient (Wildman–Crippen LogP) is 5.37. The van der Waals surface area contributed by atoms with E-state index in [1.807, 2.05) is 6.92 Å². The second kappa shape index (κ2) is 6.85. The third kappa shape index (κ3) is 3.63. The second-order valence-electron chi connectivity index (χ2n) is 4.74. The van der Waals surface area contributed by atoms with E-state index < -0.39 is 0 Å². The van der Waals surface area contributed by atoms with Crippen LogP contribution in [0, 0.1) is 6.92 Å². The van der Waals surface area contributed by atoms with Crippen molar-refractivity contribution in [3.63, 3.8) is 0 Å². The Kier molecular flexibility index (Phi) is 4.63. The van der Waals surface area contributed by atoms with Crippen molar-refractivity contribution in [2.45, 2.75) is 6.92 Å². The summed E-state index contributed by atoms with van der Waals surface area (Å²) in [5, 5.41) is 31.1. The molecule has 10 heteroatoms. The molecule has 0 aliphatic heterocycles. The number of phenolic OH excluding ortho intramolecular Hbond substituents is 1. The van der Waals surface area contributed by atoms with Crippen LogP contribution in [0.2, 0.25) is 5.02 Å². The van der Waals surface area contributed by atoms with E-state index in [4.69, 9.17) is 11.6 Å². The van der Waals surface area contributed by atoms with Crippen LogP contribution in [0.1, 0.15) is 5.69 Å². The number of benzene rings is 1. The Labute approximate surface area is 146 Å². The number of hydrogen-bond acceptors (Lipinski definition) is 8. The van der Waals surface area contributed by atoms with Gasteiger partial charge in [-0.3, -0.25) is 0 Å². The molecule has 0 spiro atoms. The largest absolute Gasteiger partial charge is 0.506 e. The lowest BCUT2D eigenvalue weighted by Crippen LogP contribution is -1.86. The Bertz CT molecular complexity index is 931. The molecule has 122 valence electrons. The van der Waals surface area contributed by atoms with E-state index in [-0.39, 0.29) is 10.8 Å². The predicted molar refractivity (Wildman–Crippen MR) is 91.5 cm³/mol. The molecule has 2 heterocycles. The van der Waals surface area contributed by atoms with Crippen LogP contribution >= 0.6 is 22.9 Å². The van der Waals surface area contributed by atoms with Gasteiger partial charge in [0.1, 0.15) is 5.75 Å². The van der Waals surface area contributed by atoms with Gasteiger partial charge in [0, 0.05) is 13.1 Å². The first kappa shape index (κ1) is 16.2. The van der Waals surface area contributed by atoms with Crippen LogP contribution in [0.3, 0.4) is 0 Å². The lowest BCUT2D eigenvalue weighted by molar-refractivity contribution is 0.475. The summed E-state index contributed by atoms with van der Waals surface area (Å²) in [6.45, 7) is 1.82. The van der Waals surface area contributed by atoms with Gasteiger partial charge in [0.15, 0.2) is 10.8 Å².